The molecule has 0 saturated carbocycles. The van der Waals surface area contributed by atoms with Crippen LogP contribution in [0, 0.1) is 0 Å². The Balaban J connectivity index is 1.82. The molecule has 0 bridgehead atoms. The van der Waals surface area contributed by atoms with Gasteiger partial charge >= 0.3 is 0 Å². The zero-order valence-corrected chi connectivity index (χ0v) is 13.4. The lowest BCUT2D eigenvalue weighted by atomic mass is 10.2. The standard InChI is InChI=1S/C18H12N6O2/c25-9-13-15(11-3-1-5-19-7-11)23-17(21-13)18-22-14(10-26)16(24-18)12-4-2-6-20-8-12/h1-10H,(H,21,23)(H,22,24). The highest BCUT2D eigenvalue weighted by Gasteiger charge is 2.18. The summed E-state index contributed by atoms with van der Waals surface area (Å²) >= 11 is 0. The molecule has 0 aliphatic heterocycles. The van der Waals surface area contributed by atoms with E-state index in [1.165, 1.54) is 0 Å². The Labute approximate surface area is 147 Å². The third-order valence-electron chi connectivity index (χ3n) is 3.79. The number of rotatable bonds is 5. The quantitative estimate of drug-likeness (QED) is 0.537. The van der Waals surface area contributed by atoms with Crippen molar-refractivity contribution in [2.24, 2.45) is 0 Å². The summed E-state index contributed by atoms with van der Waals surface area (Å²) in [5.74, 6) is 0.702. The van der Waals surface area contributed by atoms with E-state index >= 15 is 0 Å². The highest BCUT2D eigenvalue weighted by molar-refractivity contribution is 5.87. The van der Waals surface area contributed by atoms with Gasteiger partial charge in [-0.15, -0.1) is 0 Å². The van der Waals surface area contributed by atoms with E-state index in [2.05, 4.69) is 29.9 Å². The van der Waals surface area contributed by atoms with Crippen LogP contribution in [-0.2, 0) is 0 Å². The fraction of sp³-hybridized carbons (Fsp3) is 0. The normalized spacial score (nSPS) is 10.6. The van der Waals surface area contributed by atoms with Crippen molar-refractivity contribution in [2.75, 3.05) is 0 Å². The summed E-state index contributed by atoms with van der Waals surface area (Å²) in [4.78, 5) is 45.7. The number of hydrogen-bond donors (Lipinski definition) is 2. The van der Waals surface area contributed by atoms with Gasteiger partial charge in [0, 0.05) is 35.9 Å². The van der Waals surface area contributed by atoms with Gasteiger partial charge in [-0.1, -0.05) is 0 Å². The first-order valence-electron chi connectivity index (χ1n) is 7.71. The van der Waals surface area contributed by atoms with E-state index in [-0.39, 0.29) is 0 Å². The SMILES string of the molecule is O=Cc1[nH]c(-c2nc(-c3cccnc3)c(C=O)[nH]2)nc1-c1cccnc1. The Morgan fingerprint density at radius 2 is 1.19 bits per heavy atom. The number of hydrogen-bond acceptors (Lipinski definition) is 6. The summed E-state index contributed by atoms with van der Waals surface area (Å²) < 4.78 is 0. The Bertz CT molecular complexity index is 982. The van der Waals surface area contributed by atoms with Crippen molar-refractivity contribution in [3.63, 3.8) is 0 Å². The van der Waals surface area contributed by atoms with Crippen molar-refractivity contribution in [1.82, 2.24) is 29.9 Å². The van der Waals surface area contributed by atoms with E-state index in [9.17, 15) is 9.59 Å². The van der Waals surface area contributed by atoms with E-state index in [4.69, 9.17) is 0 Å². The fourth-order valence-corrected chi connectivity index (χ4v) is 2.61. The molecule has 8 nitrogen and oxygen atoms in total. The monoisotopic (exact) mass is 344 g/mol. The molecule has 0 amide bonds. The maximum atomic E-state index is 11.4. The second kappa shape index (κ2) is 6.52. The number of carbonyl (C=O) groups excluding carboxylic acids is 2. The number of aldehydes is 2. The summed E-state index contributed by atoms with van der Waals surface area (Å²) in [6, 6.07) is 7.13. The van der Waals surface area contributed by atoms with Gasteiger partial charge in [-0.2, -0.15) is 0 Å². The lowest BCUT2D eigenvalue weighted by Crippen LogP contribution is -1.85. The van der Waals surface area contributed by atoms with Crippen LogP contribution in [0.15, 0.2) is 49.1 Å². The van der Waals surface area contributed by atoms with Crippen molar-refractivity contribution in [2.45, 2.75) is 0 Å². The maximum absolute atomic E-state index is 11.4. The molecule has 0 aliphatic rings. The van der Waals surface area contributed by atoms with Gasteiger partial charge in [-0.3, -0.25) is 19.6 Å². The lowest BCUT2D eigenvalue weighted by Gasteiger charge is -1.95. The van der Waals surface area contributed by atoms with E-state index in [1.807, 2.05) is 0 Å². The predicted octanol–water partition coefficient (Wildman–Crippen LogP) is 2.55. The third kappa shape index (κ3) is 2.69. The van der Waals surface area contributed by atoms with Crippen molar-refractivity contribution >= 4 is 12.6 Å². The van der Waals surface area contributed by atoms with Crippen LogP contribution in [0.3, 0.4) is 0 Å². The topological polar surface area (TPSA) is 117 Å². The molecule has 4 aromatic heterocycles. The summed E-state index contributed by atoms with van der Waals surface area (Å²) in [7, 11) is 0. The van der Waals surface area contributed by atoms with Gasteiger partial charge in [0.25, 0.3) is 0 Å². The predicted molar refractivity (Wildman–Crippen MR) is 93.4 cm³/mol. The largest absolute Gasteiger partial charge is 0.333 e. The molecule has 4 rings (SSSR count). The minimum atomic E-state index is 0.306. The number of carbonyl (C=O) groups is 2. The van der Waals surface area contributed by atoms with E-state index in [0.29, 0.717) is 58.1 Å². The van der Waals surface area contributed by atoms with Crippen molar-refractivity contribution in [3.05, 3.63) is 60.4 Å². The number of pyridine rings is 2. The number of H-pyrrole nitrogens is 2. The number of nitrogens with zero attached hydrogens (tertiary/aromatic N) is 4. The van der Waals surface area contributed by atoms with Gasteiger partial charge in [-0.05, 0) is 24.3 Å². The maximum Gasteiger partial charge on any atom is 0.174 e. The zero-order valence-electron chi connectivity index (χ0n) is 13.4. The highest BCUT2D eigenvalue weighted by atomic mass is 16.1. The van der Waals surface area contributed by atoms with Gasteiger partial charge < -0.3 is 9.97 Å². The number of nitrogens with one attached hydrogen (secondary N) is 2. The molecule has 4 aromatic rings. The molecule has 8 heteroatoms. The van der Waals surface area contributed by atoms with Gasteiger partial charge in [0.15, 0.2) is 24.2 Å². The van der Waals surface area contributed by atoms with Gasteiger partial charge in [0.1, 0.15) is 22.8 Å². The van der Waals surface area contributed by atoms with Crippen LogP contribution in [0.5, 0.6) is 0 Å². The second-order valence-electron chi connectivity index (χ2n) is 5.41. The van der Waals surface area contributed by atoms with Crippen LogP contribution in [0.2, 0.25) is 0 Å². The molecular weight excluding hydrogens is 332 g/mol. The summed E-state index contributed by atoms with van der Waals surface area (Å²) in [6.07, 6.45) is 7.89. The molecule has 4 heterocycles. The average molecular weight is 344 g/mol. The van der Waals surface area contributed by atoms with E-state index in [1.54, 1.807) is 49.1 Å². The Hall–Kier alpha value is -3.94. The molecule has 0 aliphatic carbocycles. The summed E-state index contributed by atoms with van der Waals surface area (Å²) in [5.41, 5.74) is 2.95. The van der Waals surface area contributed by atoms with Gasteiger partial charge in [0.2, 0.25) is 0 Å². The Morgan fingerprint density at radius 1 is 0.731 bits per heavy atom. The molecule has 0 saturated heterocycles. The first-order valence-corrected chi connectivity index (χ1v) is 7.71. The van der Waals surface area contributed by atoms with Gasteiger partial charge in [0.05, 0.1) is 0 Å². The zero-order chi connectivity index (χ0) is 17.9. The molecule has 26 heavy (non-hydrogen) atoms. The van der Waals surface area contributed by atoms with Crippen molar-refractivity contribution < 1.29 is 9.59 Å². The molecule has 0 spiro atoms. The molecule has 0 atom stereocenters. The van der Waals surface area contributed by atoms with E-state index in [0.717, 1.165) is 0 Å². The molecule has 2 N–H and O–H groups in total. The van der Waals surface area contributed by atoms with Crippen LogP contribution < -0.4 is 0 Å². The number of aromatic nitrogens is 6. The average Bonchev–Trinajstić information content (AvgIpc) is 3.33. The minimum Gasteiger partial charge on any atom is -0.333 e. The van der Waals surface area contributed by atoms with Crippen molar-refractivity contribution in [1.29, 1.82) is 0 Å². The Kier molecular flexibility index (Phi) is 3.91. The smallest absolute Gasteiger partial charge is 0.174 e. The van der Waals surface area contributed by atoms with Crippen LogP contribution >= 0.6 is 0 Å². The van der Waals surface area contributed by atoms with Crippen LogP contribution in [0.25, 0.3) is 34.2 Å². The van der Waals surface area contributed by atoms with Crippen molar-refractivity contribution in [3.8, 4) is 34.2 Å². The highest BCUT2D eigenvalue weighted by Crippen LogP contribution is 2.26. The minimum absolute atomic E-state index is 0.306. The van der Waals surface area contributed by atoms with E-state index < -0.39 is 0 Å². The van der Waals surface area contributed by atoms with Gasteiger partial charge in [-0.25, -0.2) is 9.97 Å². The molecule has 0 unspecified atom stereocenters. The summed E-state index contributed by atoms with van der Waals surface area (Å²) in [5, 5.41) is 0. The molecular formula is C18H12N6O2. The first kappa shape index (κ1) is 15.6. The number of aromatic amines is 2. The molecule has 0 radical (unpaired) electrons. The van der Waals surface area contributed by atoms with Crippen LogP contribution in [0.1, 0.15) is 21.0 Å². The molecule has 126 valence electrons. The number of imidazole rings is 2. The summed E-state index contributed by atoms with van der Waals surface area (Å²) in [6.45, 7) is 0. The molecule has 0 fully saturated rings. The van der Waals surface area contributed by atoms with Crippen LogP contribution in [0.4, 0.5) is 0 Å². The molecule has 0 aromatic carbocycles. The Morgan fingerprint density at radius 3 is 1.54 bits per heavy atom. The van der Waals surface area contributed by atoms with Crippen LogP contribution in [-0.4, -0.2) is 42.5 Å². The fourth-order valence-electron chi connectivity index (χ4n) is 2.61. The second-order valence-corrected chi connectivity index (χ2v) is 5.41. The first-order chi connectivity index (χ1) is 12.8. The third-order valence-corrected chi connectivity index (χ3v) is 3.79. The lowest BCUT2D eigenvalue weighted by molar-refractivity contribution is 0.111.